The molecule has 0 amide bonds. The molecule has 0 aromatic carbocycles. The number of aliphatic carboxylic acids is 1. The third-order valence-electron chi connectivity index (χ3n) is 3.50. The molecule has 0 aromatic heterocycles. The number of carboxylic acid groups (broad SMARTS) is 1. The van der Waals surface area contributed by atoms with E-state index in [-0.39, 0.29) is 5.41 Å². The molecule has 3 nitrogen and oxygen atoms in total. The zero-order valence-electron chi connectivity index (χ0n) is 6.84. The highest BCUT2D eigenvalue weighted by Crippen LogP contribution is 2.71. The van der Waals surface area contributed by atoms with E-state index in [0.717, 1.165) is 25.7 Å². The lowest BCUT2D eigenvalue weighted by molar-refractivity contribution is -0.142. The van der Waals surface area contributed by atoms with Gasteiger partial charge in [-0.2, -0.15) is 5.26 Å². The van der Waals surface area contributed by atoms with Crippen molar-refractivity contribution in [3.8, 4) is 6.07 Å². The fourth-order valence-corrected chi connectivity index (χ4v) is 2.63. The third-order valence-corrected chi connectivity index (χ3v) is 3.50. The molecule has 2 aliphatic rings. The van der Waals surface area contributed by atoms with Crippen molar-refractivity contribution in [1.29, 1.82) is 5.26 Å². The molecule has 12 heavy (non-hydrogen) atoms. The van der Waals surface area contributed by atoms with E-state index < -0.39 is 11.4 Å². The highest BCUT2D eigenvalue weighted by atomic mass is 16.4. The van der Waals surface area contributed by atoms with E-state index in [1.54, 1.807) is 0 Å². The summed E-state index contributed by atoms with van der Waals surface area (Å²) in [6.07, 6.45) is 4.65. The highest BCUT2D eigenvalue weighted by molar-refractivity contribution is 5.83. The summed E-state index contributed by atoms with van der Waals surface area (Å²) >= 11 is 0. The highest BCUT2D eigenvalue weighted by Gasteiger charge is 2.73. The summed E-state index contributed by atoms with van der Waals surface area (Å²) < 4.78 is 0. The second kappa shape index (κ2) is 2.01. The van der Waals surface area contributed by atoms with E-state index >= 15 is 0 Å². The first-order valence-electron chi connectivity index (χ1n) is 4.32. The van der Waals surface area contributed by atoms with Gasteiger partial charge in [-0.15, -0.1) is 0 Å². The van der Waals surface area contributed by atoms with Gasteiger partial charge < -0.3 is 5.11 Å². The molecule has 0 heterocycles. The minimum atomic E-state index is -1.01. The number of hydrogen-bond acceptors (Lipinski definition) is 2. The predicted octanol–water partition coefficient (Wildman–Crippen LogP) is 1.55. The Bertz CT molecular complexity index is 273. The van der Waals surface area contributed by atoms with Crippen molar-refractivity contribution in [2.75, 3.05) is 0 Å². The molecule has 0 aromatic rings. The summed E-state index contributed by atoms with van der Waals surface area (Å²) in [5.74, 6) is -0.910. The minimum Gasteiger partial charge on any atom is -0.480 e. The summed E-state index contributed by atoms with van der Waals surface area (Å²) in [7, 11) is 0. The van der Waals surface area contributed by atoms with Crippen LogP contribution in [0.25, 0.3) is 0 Å². The van der Waals surface area contributed by atoms with Gasteiger partial charge in [0.1, 0.15) is 0 Å². The van der Waals surface area contributed by atoms with Crippen molar-refractivity contribution >= 4 is 5.97 Å². The molecule has 1 spiro atoms. The van der Waals surface area contributed by atoms with Crippen molar-refractivity contribution in [3.63, 3.8) is 0 Å². The third kappa shape index (κ3) is 0.632. The van der Waals surface area contributed by atoms with Gasteiger partial charge in [-0.05, 0) is 19.3 Å². The van der Waals surface area contributed by atoms with E-state index in [0.29, 0.717) is 6.42 Å². The number of carbonyl (C=O) groups is 1. The van der Waals surface area contributed by atoms with Crippen molar-refractivity contribution in [2.24, 2.45) is 10.8 Å². The molecule has 2 fully saturated rings. The molecule has 1 N–H and O–H groups in total. The maximum Gasteiger partial charge on any atom is 0.324 e. The molecule has 3 heteroatoms. The fraction of sp³-hybridized carbons (Fsp3) is 0.778. The van der Waals surface area contributed by atoms with Gasteiger partial charge >= 0.3 is 5.97 Å². The molecule has 1 atom stereocenters. The molecule has 0 unspecified atom stereocenters. The predicted molar refractivity (Wildman–Crippen MR) is 41.2 cm³/mol. The second-order valence-corrected chi connectivity index (χ2v) is 3.99. The average Bonchev–Trinajstić information content (AvgIpc) is 2.40. The molecule has 0 radical (unpaired) electrons. The Morgan fingerprint density at radius 3 is 2.33 bits per heavy atom. The number of nitriles is 1. The first-order chi connectivity index (χ1) is 5.67. The summed E-state index contributed by atoms with van der Waals surface area (Å²) in [4.78, 5) is 10.9. The Morgan fingerprint density at radius 2 is 2.00 bits per heavy atom. The molecule has 0 bridgehead atoms. The number of carboxylic acids is 1. The number of nitrogens with zero attached hydrogens (tertiary/aromatic N) is 1. The van der Waals surface area contributed by atoms with Crippen LogP contribution < -0.4 is 0 Å². The quantitative estimate of drug-likeness (QED) is 0.641. The molecule has 2 saturated carbocycles. The van der Waals surface area contributed by atoms with Crippen LogP contribution >= 0.6 is 0 Å². The van der Waals surface area contributed by atoms with Gasteiger partial charge in [0.15, 0.2) is 5.41 Å². The summed E-state index contributed by atoms with van der Waals surface area (Å²) in [5, 5.41) is 17.7. The van der Waals surface area contributed by atoms with Crippen LogP contribution in [0.2, 0.25) is 0 Å². The molecule has 0 aliphatic heterocycles. The van der Waals surface area contributed by atoms with Crippen LogP contribution in [0.15, 0.2) is 0 Å². The molecular formula is C9H11NO2. The summed E-state index contributed by atoms with van der Waals surface area (Å²) in [6, 6.07) is 1.99. The monoisotopic (exact) mass is 165 g/mol. The fourth-order valence-electron chi connectivity index (χ4n) is 2.63. The van der Waals surface area contributed by atoms with Gasteiger partial charge in [0.25, 0.3) is 0 Å². The maximum atomic E-state index is 10.9. The van der Waals surface area contributed by atoms with E-state index in [1.807, 2.05) is 6.07 Å². The zero-order chi connectivity index (χ0) is 8.82. The first-order valence-corrected chi connectivity index (χ1v) is 4.32. The van der Waals surface area contributed by atoms with Crippen LogP contribution in [0.1, 0.15) is 32.1 Å². The molecule has 0 saturated heterocycles. The van der Waals surface area contributed by atoms with Crippen molar-refractivity contribution in [2.45, 2.75) is 32.1 Å². The van der Waals surface area contributed by atoms with E-state index in [1.165, 1.54) is 0 Å². The van der Waals surface area contributed by atoms with Crippen LogP contribution in [0, 0.1) is 22.2 Å². The van der Waals surface area contributed by atoms with Crippen LogP contribution in [0.3, 0.4) is 0 Å². The topological polar surface area (TPSA) is 61.1 Å². The van der Waals surface area contributed by atoms with Gasteiger partial charge in [-0.25, -0.2) is 0 Å². The first kappa shape index (κ1) is 7.60. The Labute approximate surface area is 71.0 Å². The molecule has 2 aliphatic carbocycles. The van der Waals surface area contributed by atoms with Crippen molar-refractivity contribution in [3.05, 3.63) is 0 Å². The van der Waals surface area contributed by atoms with Crippen molar-refractivity contribution in [1.82, 2.24) is 0 Å². The Hall–Kier alpha value is -1.04. The average molecular weight is 165 g/mol. The van der Waals surface area contributed by atoms with Crippen molar-refractivity contribution < 1.29 is 9.90 Å². The minimum absolute atomic E-state index is 0.131. The normalized spacial score (nSPS) is 36.2. The van der Waals surface area contributed by atoms with Gasteiger partial charge in [0.2, 0.25) is 0 Å². The standard InChI is InChI=1S/C9H11NO2/c10-6-9(7(11)12)5-8(9)3-1-2-4-8/h1-5H2,(H,11,12)/t9-/m0/s1. The Morgan fingerprint density at radius 1 is 1.42 bits per heavy atom. The smallest absolute Gasteiger partial charge is 0.324 e. The zero-order valence-corrected chi connectivity index (χ0v) is 6.84. The lowest BCUT2D eigenvalue weighted by Gasteiger charge is -2.09. The molecule has 2 rings (SSSR count). The SMILES string of the molecule is N#C[C@]1(C(=O)O)CC12CCCC2. The van der Waals surface area contributed by atoms with Gasteiger partial charge in [-0.3, -0.25) is 4.79 Å². The maximum absolute atomic E-state index is 10.9. The van der Waals surface area contributed by atoms with Crippen LogP contribution in [-0.4, -0.2) is 11.1 Å². The van der Waals surface area contributed by atoms with Gasteiger partial charge in [0, 0.05) is 5.41 Å². The van der Waals surface area contributed by atoms with Crippen LogP contribution in [0.4, 0.5) is 0 Å². The number of hydrogen-bond donors (Lipinski definition) is 1. The van der Waals surface area contributed by atoms with Crippen LogP contribution in [0.5, 0.6) is 0 Å². The van der Waals surface area contributed by atoms with Crippen LogP contribution in [-0.2, 0) is 4.79 Å². The molecule has 64 valence electrons. The summed E-state index contributed by atoms with van der Waals surface area (Å²) in [5.41, 5.74) is -1.14. The van der Waals surface area contributed by atoms with E-state index in [2.05, 4.69) is 0 Å². The Kier molecular flexibility index (Phi) is 1.27. The Balaban J connectivity index is 2.27. The lowest BCUT2D eigenvalue weighted by atomic mass is 9.92. The summed E-state index contributed by atoms with van der Waals surface area (Å²) in [6.45, 7) is 0. The molecular weight excluding hydrogens is 154 g/mol. The van der Waals surface area contributed by atoms with E-state index in [9.17, 15) is 4.79 Å². The number of rotatable bonds is 1. The largest absolute Gasteiger partial charge is 0.480 e. The van der Waals surface area contributed by atoms with Gasteiger partial charge in [0.05, 0.1) is 6.07 Å². The second-order valence-electron chi connectivity index (χ2n) is 3.99. The lowest BCUT2D eigenvalue weighted by Crippen LogP contribution is -2.20. The van der Waals surface area contributed by atoms with Gasteiger partial charge in [-0.1, -0.05) is 12.8 Å². The van der Waals surface area contributed by atoms with E-state index in [4.69, 9.17) is 10.4 Å².